The van der Waals surface area contributed by atoms with Crippen molar-refractivity contribution in [2.24, 2.45) is 14.1 Å². The average Bonchev–Trinajstić information content (AvgIpc) is 2.61. The number of aromatic nitrogens is 3. The Morgan fingerprint density at radius 1 is 1.00 bits per heavy atom. The van der Waals surface area contributed by atoms with E-state index in [9.17, 15) is 14.4 Å². The number of carbonyl (C=O) groups excluding carboxylic acids is 1. The molecule has 2 aromatic heterocycles. The van der Waals surface area contributed by atoms with E-state index >= 15 is 0 Å². The van der Waals surface area contributed by atoms with Gasteiger partial charge in [-0.05, 0) is 49.6 Å². The highest BCUT2D eigenvalue weighted by Gasteiger charge is 2.18. The predicted molar refractivity (Wildman–Crippen MR) is 101 cm³/mol. The van der Waals surface area contributed by atoms with Crippen molar-refractivity contribution in [1.29, 1.82) is 0 Å². The molecule has 0 saturated heterocycles. The van der Waals surface area contributed by atoms with Crippen molar-refractivity contribution in [2.75, 3.05) is 5.32 Å². The highest BCUT2D eigenvalue weighted by atomic mass is 16.2. The fourth-order valence-corrected chi connectivity index (χ4v) is 2.85. The van der Waals surface area contributed by atoms with Crippen LogP contribution in [-0.4, -0.2) is 20.0 Å². The molecular formula is C19H20N4O3. The second-order valence-electron chi connectivity index (χ2n) is 6.47. The molecule has 26 heavy (non-hydrogen) atoms. The lowest BCUT2D eigenvalue weighted by Gasteiger charge is -2.14. The summed E-state index contributed by atoms with van der Waals surface area (Å²) in [6.45, 7) is 5.67. The fraction of sp³-hybridized carbons (Fsp3) is 0.263. The van der Waals surface area contributed by atoms with Crippen LogP contribution in [0.2, 0.25) is 0 Å². The van der Waals surface area contributed by atoms with Crippen molar-refractivity contribution in [3.8, 4) is 0 Å². The van der Waals surface area contributed by atoms with Crippen LogP contribution in [-0.2, 0) is 14.1 Å². The summed E-state index contributed by atoms with van der Waals surface area (Å²) in [7, 11) is 2.95. The molecule has 0 atom stereocenters. The van der Waals surface area contributed by atoms with Gasteiger partial charge in [0.2, 0.25) is 0 Å². The van der Waals surface area contributed by atoms with Gasteiger partial charge < -0.3 is 5.32 Å². The van der Waals surface area contributed by atoms with E-state index in [0.717, 1.165) is 15.7 Å². The Morgan fingerprint density at radius 2 is 1.69 bits per heavy atom. The van der Waals surface area contributed by atoms with Gasteiger partial charge in [-0.15, -0.1) is 0 Å². The summed E-state index contributed by atoms with van der Waals surface area (Å²) in [6, 6.07) is 5.42. The second-order valence-corrected chi connectivity index (χ2v) is 6.47. The van der Waals surface area contributed by atoms with E-state index < -0.39 is 11.2 Å². The summed E-state index contributed by atoms with van der Waals surface area (Å²) in [6.07, 6.45) is 1.54. The van der Waals surface area contributed by atoms with Gasteiger partial charge in [0.15, 0.2) is 5.65 Å². The van der Waals surface area contributed by atoms with E-state index in [2.05, 4.69) is 10.3 Å². The molecule has 3 rings (SSSR count). The van der Waals surface area contributed by atoms with Crippen molar-refractivity contribution in [2.45, 2.75) is 20.8 Å². The molecule has 0 spiro atoms. The molecule has 1 N–H and O–H groups in total. The summed E-state index contributed by atoms with van der Waals surface area (Å²) in [5.74, 6) is -0.320. The van der Waals surface area contributed by atoms with Crippen molar-refractivity contribution < 1.29 is 4.79 Å². The predicted octanol–water partition coefficient (Wildman–Crippen LogP) is 1.81. The van der Waals surface area contributed by atoms with Crippen molar-refractivity contribution >= 4 is 22.6 Å². The number of fused-ring (bicyclic) bond motifs is 1. The van der Waals surface area contributed by atoms with Gasteiger partial charge in [0.05, 0.1) is 5.69 Å². The SMILES string of the molecule is Cc1ccc(C(=O)Nc2c(C)cnc3c2c(=O)n(C)c(=O)n3C)cc1C. The third-order valence-corrected chi connectivity index (χ3v) is 4.67. The van der Waals surface area contributed by atoms with Crippen LogP contribution in [0.4, 0.5) is 5.69 Å². The normalized spacial score (nSPS) is 11.0. The Hall–Kier alpha value is -3.22. The number of benzene rings is 1. The van der Waals surface area contributed by atoms with E-state index in [1.807, 2.05) is 19.9 Å². The molecule has 0 aliphatic carbocycles. The number of pyridine rings is 1. The Kier molecular flexibility index (Phi) is 4.23. The van der Waals surface area contributed by atoms with Gasteiger partial charge in [0, 0.05) is 25.9 Å². The Bertz CT molecular complexity index is 1170. The van der Waals surface area contributed by atoms with Crippen molar-refractivity contribution in [3.63, 3.8) is 0 Å². The maximum atomic E-state index is 12.7. The number of nitrogens with one attached hydrogen (secondary N) is 1. The largest absolute Gasteiger partial charge is 0.332 e. The Morgan fingerprint density at radius 3 is 2.35 bits per heavy atom. The molecule has 3 aromatic rings. The quantitative estimate of drug-likeness (QED) is 0.762. The molecule has 0 fully saturated rings. The zero-order chi connectivity index (χ0) is 19.2. The smallest absolute Gasteiger partial charge is 0.321 e. The molecule has 0 unspecified atom stereocenters. The topological polar surface area (TPSA) is 86.0 Å². The molecule has 0 aliphatic rings. The van der Waals surface area contributed by atoms with E-state index in [4.69, 9.17) is 0 Å². The lowest BCUT2D eigenvalue weighted by Crippen LogP contribution is -2.37. The van der Waals surface area contributed by atoms with Gasteiger partial charge in [-0.2, -0.15) is 0 Å². The lowest BCUT2D eigenvalue weighted by atomic mass is 10.1. The standard InChI is InChI=1S/C19H20N4O3/c1-10-6-7-13(8-11(10)2)17(24)21-15-12(3)9-20-16-14(15)18(25)23(5)19(26)22(16)4/h6-9H,1-5H3,(H,20,21,24). The van der Waals surface area contributed by atoms with Crippen molar-refractivity contribution in [3.05, 3.63) is 67.5 Å². The minimum absolute atomic E-state index is 0.215. The van der Waals surface area contributed by atoms with Crippen LogP contribution < -0.4 is 16.6 Å². The molecule has 0 bridgehead atoms. The molecule has 7 nitrogen and oxygen atoms in total. The fourth-order valence-electron chi connectivity index (χ4n) is 2.85. The van der Waals surface area contributed by atoms with Gasteiger partial charge in [-0.25, -0.2) is 9.78 Å². The van der Waals surface area contributed by atoms with Crippen LogP contribution in [0, 0.1) is 20.8 Å². The van der Waals surface area contributed by atoms with E-state index in [0.29, 0.717) is 16.8 Å². The first-order valence-electron chi connectivity index (χ1n) is 8.16. The highest BCUT2D eigenvalue weighted by molar-refractivity contribution is 6.08. The lowest BCUT2D eigenvalue weighted by molar-refractivity contribution is 0.102. The van der Waals surface area contributed by atoms with Gasteiger partial charge in [-0.1, -0.05) is 6.07 Å². The zero-order valence-electron chi connectivity index (χ0n) is 15.4. The first kappa shape index (κ1) is 17.6. The number of rotatable bonds is 2. The molecular weight excluding hydrogens is 332 g/mol. The first-order chi connectivity index (χ1) is 12.2. The van der Waals surface area contributed by atoms with Crippen LogP contribution in [0.1, 0.15) is 27.0 Å². The van der Waals surface area contributed by atoms with Crippen LogP contribution in [0.5, 0.6) is 0 Å². The maximum Gasteiger partial charge on any atom is 0.332 e. The van der Waals surface area contributed by atoms with E-state index in [1.165, 1.54) is 17.8 Å². The van der Waals surface area contributed by atoms with E-state index in [-0.39, 0.29) is 16.9 Å². The third kappa shape index (κ3) is 2.71. The zero-order valence-corrected chi connectivity index (χ0v) is 15.4. The van der Waals surface area contributed by atoms with Crippen LogP contribution in [0.25, 0.3) is 11.0 Å². The monoisotopic (exact) mass is 352 g/mol. The van der Waals surface area contributed by atoms with E-state index in [1.54, 1.807) is 26.1 Å². The molecule has 0 aliphatic heterocycles. The molecule has 0 radical (unpaired) electrons. The number of carbonyl (C=O) groups is 1. The first-order valence-corrected chi connectivity index (χ1v) is 8.16. The Balaban J connectivity index is 2.20. The van der Waals surface area contributed by atoms with Crippen LogP contribution >= 0.6 is 0 Å². The molecule has 134 valence electrons. The summed E-state index contributed by atoms with van der Waals surface area (Å²) < 4.78 is 2.30. The van der Waals surface area contributed by atoms with Gasteiger partial charge in [0.1, 0.15) is 5.39 Å². The molecule has 7 heteroatoms. The molecule has 2 heterocycles. The number of hydrogen-bond donors (Lipinski definition) is 1. The molecule has 0 saturated carbocycles. The maximum absolute atomic E-state index is 12.7. The van der Waals surface area contributed by atoms with Gasteiger partial charge in [-0.3, -0.25) is 18.7 Å². The van der Waals surface area contributed by atoms with Crippen molar-refractivity contribution in [1.82, 2.24) is 14.1 Å². The molecule has 1 amide bonds. The second kappa shape index (κ2) is 6.25. The van der Waals surface area contributed by atoms with Gasteiger partial charge >= 0.3 is 5.69 Å². The number of aryl methyl sites for hydroxylation is 4. The number of anilines is 1. The van der Waals surface area contributed by atoms with Crippen LogP contribution in [0.15, 0.2) is 34.0 Å². The third-order valence-electron chi connectivity index (χ3n) is 4.67. The minimum atomic E-state index is -0.491. The van der Waals surface area contributed by atoms with Gasteiger partial charge in [0.25, 0.3) is 11.5 Å². The highest BCUT2D eigenvalue weighted by Crippen LogP contribution is 2.22. The summed E-state index contributed by atoms with van der Waals surface area (Å²) >= 11 is 0. The number of amides is 1. The number of hydrogen-bond acceptors (Lipinski definition) is 4. The summed E-state index contributed by atoms with van der Waals surface area (Å²) in [5.41, 5.74) is 2.89. The summed E-state index contributed by atoms with van der Waals surface area (Å²) in [5, 5.41) is 3.04. The molecule has 1 aromatic carbocycles. The Labute approximate surface area is 149 Å². The van der Waals surface area contributed by atoms with Crippen LogP contribution in [0.3, 0.4) is 0 Å². The average molecular weight is 352 g/mol. The minimum Gasteiger partial charge on any atom is -0.321 e. The number of nitrogens with zero attached hydrogens (tertiary/aromatic N) is 3. The summed E-state index contributed by atoms with van der Waals surface area (Å²) in [4.78, 5) is 41.7.